The maximum atomic E-state index is 12.1. The number of carbonyl (C=O) groups is 3. The number of hydrogen-bond acceptors (Lipinski definition) is 4. The van der Waals surface area contributed by atoms with Crippen molar-refractivity contribution in [1.29, 1.82) is 0 Å². The van der Waals surface area contributed by atoms with Crippen LogP contribution in [0.1, 0.15) is 13.3 Å². The van der Waals surface area contributed by atoms with E-state index in [-0.39, 0.29) is 25.7 Å². The first-order valence-corrected chi connectivity index (χ1v) is 6.56. The van der Waals surface area contributed by atoms with Crippen molar-refractivity contribution in [3.63, 3.8) is 0 Å². The average molecular weight is 287 g/mol. The lowest BCUT2D eigenvalue weighted by atomic mass is 10.0. The molecule has 0 aromatic carbocycles. The van der Waals surface area contributed by atoms with Crippen LogP contribution in [-0.2, 0) is 14.3 Å². The molecular weight excluding hydrogens is 266 g/mol. The fourth-order valence-electron chi connectivity index (χ4n) is 1.96. The van der Waals surface area contributed by atoms with Gasteiger partial charge in [0.1, 0.15) is 12.5 Å². The molecule has 1 saturated heterocycles. The summed E-state index contributed by atoms with van der Waals surface area (Å²) in [6, 6.07) is -1.01. The van der Waals surface area contributed by atoms with Crippen LogP contribution in [0.2, 0.25) is 0 Å². The lowest BCUT2D eigenvalue weighted by molar-refractivity contribution is -0.142. The number of aliphatic carboxylic acids is 1. The molecule has 2 atom stereocenters. The van der Waals surface area contributed by atoms with Gasteiger partial charge in [0.05, 0.1) is 19.3 Å². The van der Waals surface area contributed by atoms with Gasteiger partial charge in [-0.05, 0) is 6.42 Å². The molecule has 8 nitrogen and oxygen atoms in total. The van der Waals surface area contributed by atoms with Crippen molar-refractivity contribution in [2.24, 2.45) is 5.92 Å². The summed E-state index contributed by atoms with van der Waals surface area (Å²) in [5, 5.41) is 14.1. The quantitative estimate of drug-likeness (QED) is 0.596. The van der Waals surface area contributed by atoms with E-state index in [2.05, 4.69) is 10.6 Å². The van der Waals surface area contributed by atoms with Crippen LogP contribution in [0.25, 0.3) is 0 Å². The summed E-state index contributed by atoms with van der Waals surface area (Å²) in [6.45, 7) is 2.51. The monoisotopic (exact) mass is 287 g/mol. The van der Waals surface area contributed by atoms with E-state index in [9.17, 15) is 14.4 Å². The number of amides is 3. The first-order chi connectivity index (χ1) is 9.49. The number of carboxylic acids is 1. The number of nitrogens with zero attached hydrogens (tertiary/aromatic N) is 1. The van der Waals surface area contributed by atoms with E-state index in [0.717, 1.165) is 0 Å². The van der Waals surface area contributed by atoms with Gasteiger partial charge < -0.3 is 25.4 Å². The SMILES string of the molecule is CCCN(CC(=O)NC)C(=O)NC1COCC1C(=O)O. The Labute approximate surface area is 117 Å². The van der Waals surface area contributed by atoms with E-state index in [1.165, 1.54) is 11.9 Å². The van der Waals surface area contributed by atoms with Crippen LogP contribution < -0.4 is 10.6 Å². The van der Waals surface area contributed by atoms with E-state index in [1.807, 2.05) is 6.92 Å². The first kappa shape index (κ1) is 16.2. The molecule has 2 unspecified atom stereocenters. The Balaban J connectivity index is 2.61. The van der Waals surface area contributed by atoms with Crippen LogP contribution in [0.3, 0.4) is 0 Å². The van der Waals surface area contributed by atoms with Crippen LogP contribution in [0.15, 0.2) is 0 Å². The summed E-state index contributed by atoms with van der Waals surface area (Å²) in [4.78, 5) is 35.8. The Hall–Kier alpha value is -1.83. The number of rotatable bonds is 6. The minimum atomic E-state index is -0.999. The fourth-order valence-corrected chi connectivity index (χ4v) is 1.96. The molecule has 0 spiro atoms. The fraction of sp³-hybridized carbons (Fsp3) is 0.750. The Kier molecular flexibility index (Phi) is 6.23. The van der Waals surface area contributed by atoms with Crippen molar-refractivity contribution in [2.45, 2.75) is 19.4 Å². The maximum absolute atomic E-state index is 12.1. The molecule has 0 aromatic rings. The second-order valence-corrected chi connectivity index (χ2v) is 4.63. The Morgan fingerprint density at radius 3 is 2.60 bits per heavy atom. The van der Waals surface area contributed by atoms with E-state index in [0.29, 0.717) is 13.0 Å². The number of urea groups is 1. The summed E-state index contributed by atoms with van der Waals surface area (Å²) in [5.74, 6) is -2.02. The van der Waals surface area contributed by atoms with Crippen molar-refractivity contribution in [1.82, 2.24) is 15.5 Å². The minimum Gasteiger partial charge on any atom is -0.481 e. The summed E-state index contributed by atoms with van der Waals surface area (Å²) in [5.41, 5.74) is 0. The molecule has 1 rings (SSSR count). The van der Waals surface area contributed by atoms with Crippen LogP contribution in [0.4, 0.5) is 4.79 Å². The lowest BCUT2D eigenvalue weighted by Gasteiger charge is -2.24. The highest BCUT2D eigenvalue weighted by atomic mass is 16.5. The number of carbonyl (C=O) groups excluding carboxylic acids is 2. The zero-order chi connectivity index (χ0) is 15.1. The van der Waals surface area contributed by atoms with Gasteiger partial charge in [0, 0.05) is 13.6 Å². The van der Waals surface area contributed by atoms with E-state index < -0.39 is 24.0 Å². The molecule has 0 aliphatic carbocycles. The Morgan fingerprint density at radius 2 is 2.05 bits per heavy atom. The van der Waals surface area contributed by atoms with E-state index in [4.69, 9.17) is 9.84 Å². The van der Waals surface area contributed by atoms with Crippen LogP contribution >= 0.6 is 0 Å². The molecule has 8 heteroatoms. The number of hydrogen-bond donors (Lipinski definition) is 3. The Bertz CT molecular complexity index is 374. The molecule has 0 radical (unpaired) electrons. The molecule has 1 heterocycles. The molecule has 1 aliphatic heterocycles. The van der Waals surface area contributed by atoms with Gasteiger partial charge in [-0.25, -0.2) is 4.79 Å². The molecule has 0 saturated carbocycles. The van der Waals surface area contributed by atoms with E-state index in [1.54, 1.807) is 0 Å². The van der Waals surface area contributed by atoms with E-state index >= 15 is 0 Å². The van der Waals surface area contributed by atoms with Crippen LogP contribution in [0, 0.1) is 5.92 Å². The third kappa shape index (κ3) is 4.37. The normalized spacial score (nSPS) is 21.3. The second kappa shape index (κ2) is 7.68. The highest BCUT2D eigenvalue weighted by Gasteiger charge is 2.35. The molecule has 0 bridgehead atoms. The van der Waals surface area contributed by atoms with Gasteiger partial charge in [-0.3, -0.25) is 9.59 Å². The third-order valence-electron chi connectivity index (χ3n) is 3.10. The van der Waals surface area contributed by atoms with Crippen molar-refractivity contribution in [3.05, 3.63) is 0 Å². The highest BCUT2D eigenvalue weighted by molar-refractivity contribution is 5.84. The van der Waals surface area contributed by atoms with Gasteiger partial charge in [0.15, 0.2) is 0 Å². The topological polar surface area (TPSA) is 108 Å². The van der Waals surface area contributed by atoms with Crippen molar-refractivity contribution >= 4 is 17.9 Å². The molecule has 1 aliphatic rings. The average Bonchev–Trinajstić information content (AvgIpc) is 2.86. The summed E-state index contributed by atoms with van der Waals surface area (Å²) in [7, 11) is 1.50. The van der Waals surface area contributed by atoms with Gasteiger partial charge in [-0.1, -0.05) is 6.92 Å². The van der Waals surface area contributed by atoms with Crippen molar-refractivity contribution < 1.29 is 24.2 Å². The maximum Gasteiger partial charge on any atom is 0.318 e. The zero-order valence-electron chi connectivity index (χ0n) is 11.7. The summed E-state index contributed by atoms with van der Waals surface area (Å²) < 4.78 is 5.08. The molecule has 3 N–H and O–H groups in total. The van der Waals surface area contributed by atoms with Gasteiger partial charge in [-0.2, -0.15) is 0 Å². The first-order valence-electron chi connectivity index (χ1n) is 6.56. The van der Waals surface area contributed by atoms with Gasteiger partial charge in [0.2, 0.25) is 5.91 Å². The number of ether oxygens (including phenoxy) is 1. The van der Waals surface area contributed by atoms with Crippen LogP contribution in [0.5, 0.6) is 0 Å². The molecular formula is C12H21N3O5. The number of nitrogens with one attached hydrogen (secondary N) is 2. The molecule has 3 amide bonds. The minimum absolute atomic E-state index is 0.0541. The molecule has 1 fully saturated rings. The largest absolute Gasteiger partial charge is 0.481 e. The van der Waals surface area contributed by atoms with Gasteiger partial charge >= 0.3 is 12.0 Å². The zero-order valence-corrected chi connectivity index (χ0v) is 11.7. The summed E-state index contributed by atoms with van der Waals surface area (Å²) >= 11 is 0. The van der Waals surface area contributed by atoms with Gasteiger partial charge in [-0.15, -0.1) is 0 Å². The molecule has 0 aromatic heterocycles. The standard InChI is InChI=1S/C12H21N3O5/c1-3-4-15(5-10(16)13-2)12(19)14-9-7-20-6-8(9)11(17)18/h8-9H,3-7H2,1-2H3,(H,13,16)(H,14,19)(H,17,18). The smallest absolute Gasteiger partial charge is 0.318 e. The second-order valence-electron chi connectivity index (χ2n) is 4.63. The number of carboxylic acid groups (broad SMARTS) is 1. The Morgan fingerprint density at radius 1 is 1.35 bits per heavy atom. The van der Waals surface area contributed by atoms with Crippen LogP contribution in [-0.4, -0.2) is 67.3 Å². The third-order valence-corrected chi connectivity index (χ3v) is 3.10. The highest BCUT2D eigenvalue weighted by Crippen LogP contribution is 2.14. The predicted molar refractivity (Wildman–Crippen MR) is 70.2 cm³/mol. The lowest BCUT2D eigenvalue weighted by Crippen LogP contribution is -2.51. The number of likely N-dealkylation sites (N-methyl/N-ethyl adjacent to an activating group) is 1. The van der Waals surface area contributed by atoms with Crippen molar-refractivity contribution in [2.75, 3.05) is 33.4 Å². The molecule has 114 valence electrons. The predicted octanol–water partition coefficient (Wildman–Crippen LogP) is -0.746. The van der Waals surface area contributed by atoms with Gasteiger partial charge in [0.25, 0.3) is 0 Å². The summed E-state index contributed by atoms with van der Waals surface area (Å²) in [6.07, 6.45) is 0.702. The molecule has 20 heavy (non-hydrogen) atoms. The van der Waals surface area contributed by atoms with Crippen molar-refractivity contribution in [3.8, 4) is 0 Å².